The van der Waals surface area contributed by atoms with Crippen molar-refractivity contribution >= 4 is 11.5 Å². The second-order valence-electron chi connectivity index (χ2n) is 4.26. The fourth-order valence-electron chi connectivity index (χ4n) is 2.11. The van der Waals surface area contributed by atoms with Crippen molar-refractivity contribution in [1.82, 2.24) is 9.78 Å². The van der Waals surface area contributed by atoms with Gasteiger partial charge in [0.15, 0.2) is 0 Å². The van der Waals surface area contributed by atoms with Gasteiger partial charge >= 0.3 is 0 Å². The normalized spacial score (nSPS) is 20.1. The Hall–Kier alpha value is -1.62. The number of nitrogens with two attached hydrogens (primary N) is 1. The Balaban J connectivity index is 2.21. The number of methoxy groups -OCH3 is 1. The molecule has 2 rings (SSSR count). The molecule has 0 spiro atoms. The zero-order valence-electron chi connectivity index (χ0n) is 10.1. The predicted octanol–water partition coefficient (Wildman–Crippen LogP) is 1.10. The zero-order valence-corrected chi connectivity index (χ0v) is 10.1. The molecule has 1 aliphatic rings. The third-order valence-corrected chi connectivity index (χ3v) is 3.16. The average Bonchev–Trinajstić information content (AvgIpc) is 2.71. The third-order valence-electron chi connectivity index (χ3n) is 3.16. The Morgan fingerprint density at radius 3 is 2.88 bits per heavy atom. The van der Waals surface area contributed by atoms with Crippen molar-refractivity contribution in [3.8, 4) is 0 Å². The highest BCUT2D eigenvalue weighted by molar-refractivity contribution is 5.91. The number of hydrogen-bond acceptors (Lipinski definition) is 3. The third kappa shape index (κ3) is 2.39. The standard InChI is InChI=1S/C12H17N3O2/c1-15-11(12(13)16)7-10(14-15)8-3-5-9(17-2)6-4-8/h3,7,9H,4-6H2,1-2H3,(H2,13,16). The topological polar surface area (TPSA) is 70.1 Å². The Kier molecular flexibility index (Phi) is 3.28. The predicted molar refractivity (Wildman–Crippen MR) is 64.4 cm³/mol. The molecule has 1 heterocycles. The van der Waals surface area contributed by atoms with Gasteiger partial charge in [0.25, 0.3) is 5.91 Å². The van der Waals surface area contributed by atoms with Gasteiger partial charge < -0.3 is 10.5 Å². The van der Waals surface area contributed by atoms with E-state index in [1.807, 2.05) is 0 Å². The zero-order chi connectivity index (χ0) is 12.4. The Labute approximate surface area is 100 Å². The highest BCUT2D eigenvalue weighted by atomic mass is 16.5. The van der Waals surface area contributed by atoms with E-state index in [0.29, 0.717) is 11.8 Å². The molecular weight excluding hydrogens is 218 g/mol. The lowest BCUT2D eigenvalue weighted by atomic mass is 9.95. The minimum absolute atomic E-state index is 0.304. The maximum Gasteiger partial charge on any atom is 0.266 e. The number of carbonyl (C=O) groups excluding carboxylic acids is 1. The van der Waals surface area contributed by atoms with Gasteiger partial charge in [0.05, 0.1) is 11.8 Å². The van der Waals surface area contributed by atoms with E-state index in [4.69, 9.17) is 10.5 Å². The van der Waals surface area contributed by atoms with E-state index >= 15 is 0 Å². The van der Waals surface area contributed by atoms with Crippen molar-refractivity contribution in [2.24, 2.45) is 12.8 Å². The van der Waals surface area contributed by atoms with Gasteiger partial charge in [-0.25, -0.2) is 0 Å². The number of allylic oxidation sites excluding steroid dienone is 1. The van der Waals surface area contributed by atoms with Gasteiger partial charge in [-0.2, -0.15) is 5.10 Å². The van der Waals surface area contributed by atoms with Crippen LogP contribution >= 0.6 is 0 Å². The summed E-state index contributed by atoms with van der Waals surface area (Å²) >= 11 is 0. The van der Waals surface area contributed by atoms with Crippen molar-refractivity contribution in [2.75, 3.05) is 7.11 Å². The summed E-state index contributed by atoms with van der Waals surface area (Å²) in [6.07, 6.45) is 5.25. The van der Waals surface area contributed by atoms with E-state index in [-0.39, 0.29) is 0 Å². The van der Waals surface area contributed by atoms with Gasteiger partial charge in [-0.05, 0) is 30.9 Å². The number of primary amides is 1. The first-order valence-electron chi connectivity index (χ1n) is 5.68. The molecule has 92 valence electrons. The Bertz CT molecular complexity index is 462. The van der Waals surface area contributed by atoms with Gasteiger partial charge in [0, 0.05) is 14.2 Å². The molecule has 0 fully saturated rings. The van der Waals surface area contributed by atoms with Crippen molar-refractivity contribution in [1.29, 1.82) is 0 Å². The number of aryl methyl sites for hydroxylation is 1. The molecule has 0 saturated carbocycles. The summed E-state index contributed by atoms with van der Waals surface area (Å²) in [4.78, 5) is 11.1. The summed E-state index contributed by atoms with van der Waals surface area (Å²) in [5.41, 5.74) is 7.71. The van der Waals surface area contributed by atoms with E-state index in [1.165, 1.54) is 10.3 Å². The maximum atomic E-state index is 11.1. The molecular formula is C12H17N3O2. The smallest absolute Gasteiger partial charge is 0.266 e. The summed E-state index contributed by atoms with van der Waals surface area (Å²) in [5.74, 6) is -0.447. The minimum Gasteiger partial charge on any atom is -0.381 e. The molecule has 0 aromatic carbocycles. The van der Waals surface area contributed by atoms with Crippen LogP contribution in [0.1, 0.15) is 35.4 Å². The van der Waals surface area contributed by atoms with Gasteiger partial charge in [-0.1, -0.05) is 6.08 Å². The Morgan fingerprint density at radius 1 is 1.65 bits per heavy atom. The monoisotopic (exact) mass is 235 g/mol. The number of amides is 1. The quantitative estimate of drug-likeness (QED) is 0.852. The molecule has 2 N–H and O–H groups in total. The lowest BCUT2D eigenvalue weighted by molar-refractivity contribution is 0.0963. The van der Waals surface area contributed by atoms with Crippen LogP contribution in [0.25, 0.3) is 5.57 Å². The number of carbonyl (C=O) groups is 1. The molecule has 0 radical (unpaired) electrons. The first-order chi connectivity index (χ1) is 8.11. The number of rotatable bonds is 3. The molecule has 0 bridgehead atoms. The second-order valence-corrected chi connectivity index (χ2v) is 4.26. The van der Waals surface area contributed by atoms with Crippen molar-refractivity contribution in [3.63, 3.8) is 0 Å². The molecule has 1 unspecified atom stereocenters. The second kappa shape index (κ2) is 4.71. The van der Waals surface area contributed by atoms with E-state index in [0.717, 1.165) is 25.0 Å². The van der Waals surface area contributed by atoms with Crippen molar-refractivity contribution in [3.05, 3.63) is 23.5 Å². The molecule has 1 atom stereocenters. The first-order valence-corrected chi connectivity index (χ1v) is 5.68. The van der Waals surface area contributed by atoms with Crippen LogP contribution in [-0.2, 0) is 11.8 Å². The minimum atomic E-state index is -0.447. The summed E-state index contributed by atoms with van der Waals surface area (Å²) < 4.78 is 6.83. The van der Waals surface area contributed by atoms with E-state index in [1.54, 1.807) is 20.2 Å². The fourth-order valence-corrected chi connectivity index (χ4v) is 2.11. The van der Waals surface area contributed by atoms with Crippen LogP contribution in [-0.4, -0.2) is 28.9 Å². The number of nitrogens with zero attached hydrogens (tertiary/aromatic N) is 2. The Morgan fingerprint density at radius 2 is 2.41 bits per heavy atom. The average molecular weight is 235 g/mol. The van der Waals surface area contributed by atoms with E-state index in [2.05, 4.69) is 11.2 Å². The number of ether oxygens (including phenoxy) is 1. The summed E-state index contributed by atoms with van der Waals surface area (Å²) in [6, 6.07) is 1.75. The van der Waals surface area contributed by atoms with Crippen LogP contribution in [0, 0.1) is 0 Å². The molecule has 5 nitrogen and oxygen atoms in total. The van der Waals surface area contributed by atoms with Gasteiger partial charge in [-0.3, -0.25) is 9.48 Å². The van der Waals surface area contributed by atoms with E-state index < -0.39 is 5.91 Å². The summed E-state index contributed by atoms with van der Waals surface area (Å²) in [7, 11) is 3.46. The highest BCUT2D eigenvalue weighted by Gasteiger charge is 2.18. The van der Waals surface area contributed by atoms with Crippen LogP contribution in [0.3, 0.4) is 0 Å². The molecule has 1 amide bonds. The molecule has 1 aromatic heterocycles. The molecule has 1 aromatic rings. The molecule has 5 heteroatoms. The van der Waals surface area contributed by atoms with Crippen LogP contribution in [0.2, 0.25) is 0 Å². The van der Waals surface area contributed by atoms with Crippen LogP contribution < -0.4 is 5.73 Å². The molecule has 0 saturated heterocycles. The van der Waals surface area contributed by atoms with Gasteiger partial charge in [0.1, 0.15) is 5.69 Å². The van der Waals surface area contributed by atoms with E-state index in [9.17, 15) is 4.79 Å². The summed E-state index contributed by atoms with van der Waals surface area (Å²) in [5, 5.41) is 4.31. The van der Waals surface area contributed by atoms with Crippen molar-refractivity contribution < 1.29 is 9.53 Å². The SMILES string of the molecule is COC1CC=C(c2cc(C(N)=O)n(C)n2)CC1. The summed E-state index contributed by atoms with van der Waals surface area (Å²) in [6.45, 7) is 0. The largest absolute Gasteiger partial charge is 0.381 e. The molecule has 0 aliphatic heterocycles. The lowest BCUT2D eigenvalue weighted by Crippen LogP contribution is -2.15. The maximum absolute atomic E-state index is 11.1. The fraction of sp³-hybridized carbons (Fsp3) is 0.500. The molecule has 1 aliphatic carbocycles. The van der Waals surface area contributed by atoms with Crippen LogP contribution in [0.4, 0.5) is 0 Å². The first kappa shape index (κ1) is 11.9. The van der Waals surface area contributed by atoms with Gasteiger partial charge in [0.2, 0.25) is 0 Å². The molecule has 17 heavy (non-hydrogen) atoms. The lowest BCUT2D eigenvalue weighted by Gasteiger charge is -2.19. The van der Waals surface area contributed by atoms with Crippen molar-refractivity contribution in [2.45, 2.75) is 25.4 Å². The van der Waals surface area contributed by atoms with Gasteiger partial charge in [-0.15, -0.1) is 0 Å². The highest BCUT2D eigenvalue weighted by Crippen LogP contribution is 2.27. The number of aromatic nitrogens is 2. The number of hydrogen-bond donors (Lipinski definition) is 1. The van der Waals surface area contributed by atoms with Crippen LogP contribution in [0.5, 0.6) is 0 Å². The van der Waals surface area contributed by atoms with Crippen LogP contribution in [0.15, 0.2) is 12.1 Å².